The van der Waals surface area contributed by atoms with Crippen LogP contribution in [0.2, 0.25) is 0 Å². The van der Waals surface area contributed by atoms with E-state index in [4.69, 9.17) is 14.6 Å². The molecule has 1 aromatic rings. The van der Waals surface area contributed by atoms with Gasteiger partial charge in [0.25, 0.3) is 0 Å². The standard InChI is InChI=1S/C11H14O4/c1-11(2,10(12)13)15-9-7-5-4-6-8(9)14-3/h4-7H,1-3H3,(H,12,13). The van der Waals surface area contributed by atoms with E-state index in [1.807, 2.05) is 0 Å². The van der Waals surface area contributed by atoms with Gasteiger partial charge in [0.15, 0.2) is 17.1 Å². The number of carboxylic acid groups (broad SMARTS) is 1. The molecule has 0 spiro atoms. The van der Waals surface area contributed by atoms with E-state index in [2.05, 4.69) is 0 Å². The average Bonchev–Trinajstić information content (AvgIpc) is 2.18. The molecule has 15 heavy (non-hydrogen) atoms. The monoisotopic (exact) mass is 210 g/mol. The molecule has 0 radical (unpaired) electrons. The molecule has 1 rings (SSSR count). The van der Waals surface area contributed by atoms with E-state index in [9.17, 15) is 4.79 Å². The Morgan fingerprint density at radius 2 is 1.80 bits per heavy atom. The van der Waals surface area contributed by atoms with Crippen molar-refractivity contribution in [3.63, 3.8) is 0 Å². The largest absolute Gasteiger partial charge is 0.493 e. The van der Waals surface area contributed by atoms with Crippen LogP contribution >= 0.6 is 0 Å². The summed E-state index contributed by atoms with van der Waals surface area (Å²) in [5, 5.41) is 8.90. The van der Waals surface area contributed by atoms with Crippen LogP contribution in [0.1, 0.15) is 13.8 Å². The van der Waals surface area contributed by atoms with Gasteiger partial charge in [-0.1, -0.05) is 12.1 Å². The van der Waals surface area contributed by atoms with Gasteiger partial charge in [-0.15, -0.1) is 0 Å². The summed E-state index contributed by atoms with van der Waals surface area (Å²) >= 11 is 0. The minimum atomic E-state index is -1.27. The van der Waals surface area contributed by atoms with Gasteiger partial charge in [-0.05, 0) is 26.0 Å². The fraction of sp³-hybridized carbons (Fsp3) is 0.364. The number of hydrogen-bond acceptors (Lipinski definition) is 3. The Bertz CT molecular complexity index is 357. The van der Waals surface area contributed by atoms with Gasteiger partial charge >= 0.3 is 5.97 Å². The number of aliphatic carboxylic acids is 1. The zero-order valence-corrected chi connectivity index (χ0v) is 8.98. The Balaban J connectivity index is 2.94. The summed E-state index contributed by atoms with van der Waals surface area (Å²) in [7, 11) is 1.51. The van der Waals surface area contributed by atoms with Crippen LogP contribution in [0.25, 0.3) is 0 Å². The van der Waals surface area contributed by atoms with Gasteiger partial charge in [0.1, 0.15) is 0 Å². The van der Waals surface area contributed by atoms with E-state index in [0.29, 0.717) is 11.5 Å². The maximum Gasteiger partial charge on any atom is 0.347 e. The van der Waals surface area contributed by atoms with Gasteiger partial charge < -0.3 is 14.6 Å². The van der Waals surface area contributed by atoms with Crippen LogP contribution in [0, 0.1) is 0 Å². The summed E-state index contributed by atoms with van der Waals surface area (Å²) in [4.78, 5) is 10.9. The SMILES string of the molecule is COc1ccccc1OC(C)(C)C(=O)O. The van der Waals surface area contributed by atoms with Crippen LogP contribution in [-0.2, 0) is 4.79 Å². The van der Waals surface area contributed by atoms with Gasteiger partial charge in [-0.3, -0.25) is 0 Å². The summed E-state index contributed by atoms with van der Waals surface area (Å²) in [6.45, 7) is 2.98. The summed E-state index contributed by atoms with van der Waals surface area (Å²) in [6, 6.07) is 6.94. The van der Waals surface area contributed by atoms with E-state index in [1.54, 1.807) is 24.3 Å². The van der Waals surface area contributed by atoms with Gasteiger partial charge in [-0.2, -0.15) is 0 Å². The second-order valence-corrected chi connectivity index (χ2v) is 3.57. The van der Waals surface area contributed by atoms with Crippen molar-refractivity contribution in [1.82, 2.24) is 0 Å². The van der Waals surface area contributed by atoms with Crippen molar-refractivity contribution < 1.29 is 19.4 Å². The maximum atomic E-state index is 10.9. The second-order valence-electron chi connectivity index (χ2n) is 3.57. The molecular weight excluding hydrogens is 196 g/mol. The molecule has 0 fully saturated rings. The van der Waals surface area contributed by atoms with E-state index in [-0.39, 0.29) is 0 Å². The highest BCUT2D eigenvalue weighted by Crippen LogP contribution is 2.29. The van der Waals surface area contributed by atoms with Gasteiger partial charge in [0.05, 0.1) is 7.11 Å². The fourth-order valence-corrected chi connectivity index (χ4v) is 1.02. The minimum absolute atomic E-state index is 0.424. The molecule has 0 heterocycles. The van der Waals surface area contributed by atoms with Crippen LogP contribution in [0.4, 0.5) is 0 Å². The molecule has 0 saturated heterocycles. The van der Waals surface area contributed by atoms with Crippen molar-refractivity contribution >= 4 is 5.97 Å². The molecule has 4 nitrogen and oxygen atoms in total. The molecule has 0 amide bonds. The lowest BCUT2D eigenvalue weighted by atomic mass is 10.1. The number of carboxylic acids is 1. The molecule has 0 aliphatic carbocycles. The highest BCUT2D eigenvalue weighted by Gasteiger charge is 2.30. The van der Waals surface area contributed by atoms with Gasteiger partial charge in [0.2, 0.25) is 0 Å². The Kier molecular flexibility index (Phi) is 3.19. The smallest absolute Gasteiger partial charge is 0.347 e. The summed E-state index contributed by atoms with van der Waals surface area (Å²) < 4.78 is 10.4. The van der Waals surface area contributed by atoms with Crippen molar-refractivity contribution in [3.05, 3.63) is 24.3 Å². The first-order chi connectivity index (χ1) is 6.97. The predicted molar refractivity (Wildman–Crippen MR) is 55.3 cm³/mol. The average molecular weight is 210 g/mol. The van der Waals surface area contributed by atoms with E-state index in [0.717, 1.165) is 0 Å². The van der Waals surface area contributed by atoms with Crippen LogP contribution in [0.15, 0.2) is 24.3 Å². The summed E-state index contributed by atoms with van der Waals surface area (Å²) in [5.41, 5.74) is -1.27. The molecule has 4 heteroatoms. The molecule has 0 bridgehead atoms. The molecule has 1 aromatic carbocycles. The Morgan fingerprint density at radius 3 is 2.27 bits per heavy atom. The Labute approximate surface area is 88.4 Å². The zero-order valence-electron chi connectivity index (χ0n) is 8.98. The lowest BCUT2D eigenvalue weighted by Gasteiger charge is -2.22. The molecule has 0 atom stereocenters. The quantitative estimate of drug-likeness (QED) is 0.825. The number of rotatable bonds is 4. The number of methoxy groups -OCH3 is 1. The third kappa shape index (κ3) is 2.62. The minimum Gasteiger partial charge on any atom is -0.493 e. The lowest BCUT2D eigenvalue weighted by molar-refractivity contribution is -0.152. The summed E-state index contributed by atoms with van der Waals surface area (Å²) in [6.07, 6.45) is 0. The molecule has 1 N–H and O–H groups in total. The fourth-order valence-electron chi connectivity index (χ4n) is 1.02. The van der Waals surface area contributed by atoms with Crippen LogP contribution in [-0.4, -0.2) is 23.8 Å². The Morgan fingerprint density at radius 1 is 1.27 bits per heavy atom. The van der Waals surface area contributed by atoms with E-state index < -0.39 is 11.6 Å². The van der Waals surface area contributed by atoms with Crippen LogP contribution in [0.5, 0.6) is 11.5 Å². The molecule has 0 saturated carbocycles. The van der Waals surface area contributed by atoms with Crippen molar-refractivity contribution in [2.45, 2.75) is 19.4 Å². The zero-order chi connectivity index (χ0) is 11.5. The first kappa shape index (κ1) is 11.4. The van der Waals surface area contributed by atoms with Crippen molar-refractivity contribution in [2.75, 3.05) is 7.11 Å². The molecule has 0 aliphatic heterocycles. The lowest BCUT2D eigenvalue weighted by Crippen LogP contribution is -2.37. The van der Waals surface area contributed by atoms with E-state index in [1.165, 1.54) is 21.0 Å². The van der Waals surface area contributed by atoms with E-state index >= 15 is 0 Å². The topological polar surface area (TPSA) is 55.8 Å². The highest BCUT2D eigenvalue weighted by molar-refractivity contribution is 5.76. The number of para-hydroxylation sites is 2. The maximum absolute atomic E-state index is 10.9. The van der Waals surface area contributed by atoms with Gasteiger partial charge in [-0.25, -0.2) is 4.79 Å². The van der Waals surface area contributed by atoms with Crippen molar-refractivity contribution in [1.29, 1.82) is 0 Å². The molecule has 0 aliphatic rings. The molecule has 0 aromatic heterocycles. The number of benzene rings is 1. The first-order valence-corrected chi connectivity index (χ1v) is 4.53. The highest BCUT2D eigenvalue weighted by atomic mass is 16.5. The molecule has 82 valence electrons. The predicted octanol–water partition coefficient (Wildman–Crippen LogP) is 1.94. The molecular formula is C11H14O4. The third-order valence-electron chi connectivity index (χ3n) is 1.95. The second kappa shape index (κ2) is 4.21. The van der Waals surface area contributed by atoms with Crippen LogP contribution in [0.3, 0.4) is 0 Å². The van der Waals surface area contributed by atoms with Crippen molar-refractivity contribution in [3.8, 4) is 11.5 Å². The van der Waals surface area contributed by atoms with Crippen LogP contribution < -0.4 is 9.47 Å². The number of ether oxygens (including phenoxy) is 2. The van der Waals surface area contributed by atoms with Gasteiger partial charge in [0, 0.05) is 0 Å². The summed E-state index contributed by atoms with van der Waals surface area (Å²) in [5.74, 6) is -0.0763. The number of carbonyl (C=O) groups is 1. The number of hydrogen-bond donors (Lipinski definition) is 1. The first-order valence-electron chi connectivity index (χ1n) is 4.53. The van der Waals surface area contributed by atoms with Crippen molar-refractivity contribution in [2.24, 2.45) is 0 Å². The Hall–Kier alpha value is -1.71. The third-order valence-corrected chi connectivity index (χ3v) is 1.95. The molecule has 0 unspecified atom stereocenters. The normalized spacial score (nSPS) is 10.9.